The smallest absolute Gasteiger partial charge is 0.454 e. The van der Waals surface area contributed by atoms with Gasteiger partial charge in [-0.3, -0.25) is 19.3 Å². The van der Waals surface area contributed by atoms with Crippen LogP contribution in [-0.4, -0.2) is 54.2 Å². The number of carbonyl (C=O) groups excluding carboxylic acids is 4. The van der Waals surface area contributed by atoms with Gasteiger partial charge in [0, 0.05) is 11.5 Å². The van der Waals surface area contributed by atoms with E-state index in [0.29, 0.717) is 5.56 Å². The van der Waals surface area contributed by atoms with Gasteiger partial charge >= 0.3 is 28.9 Å². The Morgan fingerprint density at radius 2 is 1.53 bits per heavy atom. The van der Waals surface area contributed by atoms with Crippen molar-refractivity contribution in [2.24, 2.45) is 5.92 Å². The van der Waals surface area contributed by atoms with Crippen LogP contribution in [0, 0.1) is 69.6 Å². The summed E-state index contributed by atoms with van der Waals surface area (Å²) in [6, 6.07) is 7.14. The zero-order valence-corrected chi connectivity index (χ0v) is 28.3. The quantitative estimate of drug-likeness (QED) is 0.115. The summed E-state index contributed by atoms with van der Waals surface area (Å²) in [5.74, 6) is -2.53. The summed E-state index contributed by atoms with van der Waals surface area (Å²) in [5, 5.41) is -1.30. The van der Waals surface area contributed by atoms with E-state index in [2.05, 4.69) is 40.4 Å². The summed E-state index contributed by atoms with van der Waals surface area (Å²) in [6.07, 6.45) is 18.6. The number of hydrogen-bond donors (Lipinski definition) is 0. The van der Waals surface area contributed by atoms with Crippen molar-refractivity contribution >= 4 is 43.0 Å². The summed E-state index contributed by atoms with van der Waals surface area (Å²) >= 11 is 0.847. The van der Waals surface area contributed by atoms with Gasteiger partial charge in [0.1, 0.15) is 12.0 Å². The first kappa shape index (κ1) is 37.5. The Morgan fingerprint density at radius 3 is 2.02 bits per heavy atom. The van der Waals surface area contributed by atoms with E-state index in [4.69, 9.17) is 9.16 Å². The van der Waals surface area contributed by atoms with E-state index in [9.17, 15) is 19.2 Å². The number of ether oxygens (including phenoxy) is 1. The van der Waals surface area contributed by atoms with Crippen molar-refractivity contribution in [3.8, 4) is 0 Å². The third-order valence-corrected chi connectivity index (χ3v) is 13.3. The molecule has 1 aromatic rings. The number of likely N-dealkylation sites (tertiary alicyclic amines) is 1. The van der Waals surface area contributed by atoms with Crippen molar-refractivity contribution in [2.75, 3.05) is 6.61 Å². The van der Waals surface area contributed by atoms with Crippen LogP contribution < -0.4 is 0 Å². The Labute approximate surface area is 273 Å². The first-order chi connectivity index (χ1) is 19.8. The van der Waals surface area contributed by atoms with Crippen LogP contribution in [0.5, 0.6) is 0 Å². The van der Waals surface area contributed by atoms with Crippen molar-refractivity contribution in [1.82, 2.24) is 4.90 Å². The predicted octanol–water partition coefficient (Wildman–Crippen LogP) is 5.78. The number of benzene rings is 1. The summed E-state index contributed by atoms with van der Waals surface area (Å²) in [5.41, 5.74) is 1.40. The van der Waals surface area contributed by atoms with Crippen molar-refractivity contribution in [3.05, 3.63) is 112 Å². The molecule has 3 aliphatic rings. The summed E-state index contributed by atoms with van der Waals surface area (Å²) < 4.78 is 11.3. The van der Waals surface area contributed by atoms with E-state index in [-0.39, 0.29) is 33.8 Å². The van der Waals surface area contributed by atoms with Gasteiger partial charge < -0.3 is 9.16 Å². The van der Waals surface area contributed by atoms with Gasteiger partial charge in [0.05, 0.1) is 12.0 Å². The van der Waals surface area contributed by atoms with Gasteiger partial charge in [-0.2, -0.15) is 0 Å². The Hall–Kier alpha value is -1.71. The Balaban J connectivity index is 0.000000973. The molecule has 3 fully saturated rings. The summed E-state index contributed by atoms with van der Waals surface area (Å²) in [4.78, 5) is 52.2. The maximum atomic E-state index is 13.2. The molecular formula is C33H39FeNO6SSi+2. The third-order valence-electron chi connectivity index (χ3n) is 7.50. The Bertz CT molecular complexity index is 1120. The zero-order chi connectivity index (χ0) is 31.1. The molecule has 7 nitrogen and oxygen atoms in total. The number of carbonyl (C=O) groups is 4. The standard InChI is InChI=1S/C28H34NO6SSi.C5H5.Fe/c1-8-17-34-26(32)24(31)29-23(30)22(18(2)35-37(6,7)28(3,4)5)25(29)36-27(33)21-15-13-20(14-16-21)19-11-9-10-12-19;1-2-4-5-3-1;/h8-16,18,22,25H,1,17H2,2-7H3;1-5H;/q;;+2/t18-,22+,25-;;/m1../s1. The number of esters is 1. The van der Waals surface area contributed by atoms with Crippen LogP contribution in [-0.2, 0) is 40.6 Å². The minimum absolute atomic E-state index is 0. The molecule has 1 aliphatic heterocycles. The molecule has 0 unspecified atom stereocenters. The van der Waals surface area contributed by atoms with E-state index < -0.39 is 43.5 Å². The average molecular weight is 662 g/mol. The SMILES string of the molecule is C=CCOC(=O)C(=O)N1C(=O)[C@H]([C@@H](C)O[Si](C)(C)C(C)(C)C)[C@H]1SC(=O)c1ccc([C]2[CH][CH][CH][CH]2)cc1.[CH]1[CH][CH][CH][CH]1.[Fe+2]. The largest absolute Gasteiger partial charge is 2.00 e. The Kier molecular flexibility index (Phi) is 14.4. The number of amides is 2. The molecule has 3 atom stereocenters. The molecule has 0 N–H and O–H groups in total. The molecule has 228 valence electrons. The van der Waals surface area contributed by atoms with Gasteiger partial charge in [-0.1, -0.05) is 69.5 Å². The van der Waals surface area contributed by atoms with Crippen LogP contribution in [0.3, 0.4) is 0 Å². The maximum Gasteiger partial charge on any atom is 2.00 e. The van der Waals surface area contributed by atoms with Crippen LogP contribution >= 0.6 is 11.8 Å². The van der Waals surface area contributed by atoms with Gasteiger partial charge in [0.2, 0.25) is 11.0 Å². The number of β-lactam (4-membered cyclic amide) rings is 1. The van der Waals surface area contributed by atoms with Crippen LogP contribution in [0.1, 0.15) is 43.6 Å². The van der Waals surface area contributed by atoms with E-state index in [0.717, 1.165) is 28.1 Å². The van der Waals surface area contributed by atoms with E-state index in [1.54, 1.807) is 19.1 Å². The van der Waals surface area contributed by atoms with Gasteiger partial charge in [0.25, 0.3) is 0 Å². The number of nitrogens with zero attached hydrogens (tertiary/aromatic N) is 1. The molecule has 2 saturated carbocycles. The fraction of sp³-hybridized carbons (Fsp3) is 0.333. The molecule has 4 rings (SSSR count). The second-order valence-corrected chi connectivity index (χ2v) is 17.4. The van der Waals surface area contributed by atoms with E-state index in [1.165, 1.54) is 6.08 Å². The molecule has 0 aromatic heterocycles. The van der Waals surface area contributed by atoms with Crippen molar-refractivity contribution < 1.29 is 45.4 Å². The molecular weight excluding hydrogens is 622 g/mol. The number of imide groups is 1. The normalized spacial score (nSPS) is 21.2. The topological polar surface area (TPSA) is 90.0 Å². The number of rotatable bonds is 8. The minimum atomic E-state index is -2.25. The molecule has 0 bridgehead atoms. The van der Waals surface area contributed by atoms with Crippen molar-refractivity contribution in [3.63, 3.8) is 0 Å². The number of hydrogen-bond acceptors (Lipinski definition) is 7. The van der Waals surface area contributed by atoms with Gasteiger partial charge in [-0.05, 0) is 88.4 Å². The molecule has 2 aliphatic carbocycles. The van der Waals surface area contributed by atoms with Crippen LogP contribution in [0.25, 0.3) is 0 Å². The second kappa shape index (κ2) is 16.6. The fourth-order valence-corrected chi connectivity index (χ4v) is 6.84. The molecule has 0 spiro atoms. The third kappa shape index (κ3) is 9.64. The monoisotopic (exact) mass is 661 g/mol. The molecule has 1 heterocycles. The predicted molar refractivity (Wildman–Crippen MR) is 167 cm³/mol. The molecule has 1 saturated heterocycles. The molecule has 2 amide bonds. The van der Waals surface area contributed by atoms with Gasteiger partial charge in [-0.15, -0.1) is 0 Å². The second-order valence-electron chi connectivity index (χ2n) is 11.5. The van der Waals surface area contributed by atoms with Crippen LogP contribution in [0.4, 0.5) is 0 Å². The summed E-state index contributed by atoms with van der Waals surface area (Å²) in [6.45, 7) is 15.5. The molecule has 10 heteroatoms. The Morgan fingerprint density at radius 1 is 1.00 bits per heavy atom. The molecule has 10 radical (unpaired) electrons. The molecule has 43 heavy (non-hydrogen) atoms. The first-order valence-electron chi connectivity index (χ1n) is 13.8. The minimum Gasteiger partial charge on any atom is -0.454 e. The zero-order valence-electron chi connectivity index (χ0n) is 25.4. The molecule has 1 aromatic carbocycles. The van der Waals surface area contributed by atoms with E-state index in [1.807, 2.05) is 69.9 Å². The van der Waals surface area contributed by atoms with Crippen molar-refractivity contribution in [1.29, 1.82) is 0 Å². The average Bonchev–Trinajstić information content (AvgIpc) is 3.68. The van der Waals surface area contributed by atoms with Crippen LogP contribution in [0.15, 0.2) is 36.9 Å². The van der Waals surface area contributed by atoms with Gasteiger partial charge in [-0.25, -0.2) is 4.79 Å². The maximum absolute atomic E-state index is 13.2. The number of thioether (sulfide) groups is 1. The first-order valence-corrected chi connectivity index (χ1v) is 17.6. The van der Waals surface area contributed by atoms with E-state index >= 15 is 0 Å². The van der Waals surface area contributed by atoms with Gasteiger partial charge in [0.15, 0.2) is 8.32 Å². The summed E-state index contributed by atoms with van der Waals surface area (Å²) in [7, 11) is -2.25. The fourth-order valence-electron chi connectivity index (χ4n) is 4.13. The van der Waals surface area contributed by atoms with Crippen molar-refractivity contribution in [2.45, 2.75) is 57.3 Å². The van der Waals surface area contributed by atoms with Crippen LogP contribution in [0.2, 0.25) is 18.1 Å².